The molecule has 0 aliphatic carbocycles. The van der Waals surface area contributed by atoms with Crippen molar-refractivity contribution in [2.75, 3.05) is 33.3 Å². The van der Waals surface area contributed by atoms with Crippen LogP contribution in [0.15, 0.2) is 59.0 Å². The summed E-state index contributed by atoms with van der Waals surface area (Å²) in [7, 11) is 1.63. The Balaban J connectivity index is 0.00000210. The molecule has 0 bridgehead atoms. The zero-order valence-electron chi connectivity index (χ0n) is 15.3. The fourth-order valence-electron chi connectivity index (χ4n) is 3.36. The number of ether oxygens (including phenoxy) is 1. The van der Waals surface area contributed by atoms with Crippen molar-refractivity contribution in [3.8, 4) is 5.75 Å². The molecular formula is C21H23ClN2O3. The maximum absolute atomic E-state index is 12.8. The third-order valence-corrected chi connectivity index (χ3v) is 4.84. The highest BCUT2D eigenvalue weighted by Crippen LogP contribution is 2.25. The Morgan fingerprint density at radius 3 is 2.48 bits per heavy atom. The van der Waals surface area contributed by atoms with E-state index in [2.05, 4.69) is 29.2 Å². The molecule has 1 fully saturated rings. The van der Waals surface area contributed by atoms with Crippen molar-refractivity contribution in [1.29, 1.82) is 0 Å². The number of methoxy groups -OCH3 is 1. The van der Waals surface area contributed by atoms with E-state index in [9.17, 15) is 4.79 Å². The third kappa shape index (κ3) is 4.26. The predicted octanol–water partition coefficient (Wildman–Crippen LogP) is 3.82. The summed E-state index contributed by atoms with van der Waals surface area (Å²) in [6.07, 6.45) is 0. The van der Waals surface area contributed by atoms with Crippen molar-refractivity contribution in [3.05, 3.63) is 65.9 Å². The van der Waals surface area contributed by atoms with E-state index in [0.29, 0.717) is 24.4 Å². The largest absolute Gasteiger partial charge is 0.497 e. The van der Waals surface area contributed by atoms with Crippen LogP contribution in [0, 0.1) is 0 Å². The topological polar surface area (TPSA) is 45.9 Å². The molecule has 6 heteroatoms. The number of carbonyl (C=O) groups is 1. The van der Waals surface area contributed by atoms with Gasteiger partial charge in [0.2, 0.25) is 0 Å². The van der Waals surface area contributed by atoms with E-state index in [-0.39, 0.29) is 18.3 Å². The van der Waals surface area contributed by atoms with Gasteiger partial charge >= 0.3 is 0 Å². The van der Waals surface area contributed by atoms with E-state index >= 15 is 0 Å². The molecule has 0 saturated carbocycles. The summed E-state index contributed by atoms with van der Waals surface area (Å²) < 4.78 is 11.0. The Hall–Kier alpha value is -2.50. The minimum Gasteiger partial charge on any atom is -0.497 e. The fraction of sp³-hybridized carbons (Fsp3) is 0.286. The number of halogens is 1. The van der Waals surface area contributed by atoms with Crippen LogP contribution in [0.25, 0.3) is 11.0 Å². The van der Waals surface area contributed by atoms with Crippen molar-refractivity contribution >= 4 is 29.3 Å². The number of amides is 1. The van der Waals surface area contributed by atoms with Crippen LogP contribution in [0.2, 0.25) is 0 Å². The molecule has 142 valence electrons. The Morgan fingerprint density at radius 1 is 1.04 bits per heavy atom. The van der Waals surface area contributed by atoms with Gasteiger partial charge in [-0.2, -0.15) is 0 Å². The number of carbonyl (C=O) groups excluding carboxylic acids is 1. The quantitative estimate of drug-likeness (QED) is 0.683. The summed E-state index contributed by atoms with van der Waals surface area (Å²) in [6, 6.07) is 17.8. The second-order valence-electron chi connectivity index (χ2n) is 6.57. The van der Waals surface area contributed by atoms with Crippen LogP contribution in [0.1, 0.15) is 16.1 Å². The van der Waals surface area contributed by atoms with Crippen molar-refractivity contribution in [3.63, 3.8) is 0 Å². The number of nitrogens with zero attached hydrogens (tertiary/aromatic N) is 2. The molecule has 2 aromatic carbocycles. The molecule has 0 N–H and O–H groups in total. The fourth-order valence-corrected chi connectivity index (χ4v) is 3.36. The summed E-state index contributed by atoms with van der Waals surface area (Å²) in [5.74, 6) is 1.11. The van der Waals surface area contributed by atoms with Gasteiger partial charge in [0, 0.05) is 38.1 Å². The molecule has 3 aromatic rings. The maximum Gasteiger partial charge on any atom is 0.289 e. The highest BCUT2D eigenvalue weighted by molar-refractivity contribution is 5.96. The van der Waals surface area contributed by atoms with Gasteiger partial charge in [-0.15, -0.1) is 12.4 Å². The van der Waals surface area contributed by atoms with Gasteiger partial charge in [0.1, 0.15) is 11.3 Å². The first-order valence-electron chi connectivity index (χ1n) is 8.86. The molecule has 0 radical (unpaired) electrons. The minimum absolute atomic E-state index is 0. The third-order valence-electron chi connectivity index (χ3n) is 4.84. The molecule has 0 spiro atoms. The van der Waals surface area contributed by atoms with Crippen molar-refractivity contribution in [2.24, 2.45) is 0 Å². The van der Waals surface area contributed by atoms with E-state index in [0.717, 1.165) is 30.8 Å². The Labute approximate surface area is 164 Å². The number of piperazine rings is 1. The Bertz CT molecular complexity index is 902. The molecule has 2 heterocycles. The van der Waals surface area contributed by atoms with E-state index in [1.165, 1.54) is 5.56 Å². The molecule has 5 nitrogen and oxygen atoms in total. The monoisotopic (exact) mass is 386 g/mol. The smallest absolute Gasteiger partial charge is 0.289 e. The second-order valence-corrected chi connectivity index (χ2v) is 6.57. The zero-order chi connectivity index (χ0) is 17.9. The van der Waals surface area contributed by atoms with Crippen LogP contribution in [0.4, 0.5) is 0 Å². The average molecular weight is 387 g/mol. The molecule has 0 unspecified atom stereocenters. The Morgan fingerprint density at radius 2 is 1.78 bits per heavy atom. The summed E-state index contributed by atoms with van der Waals surface area (Å²) >= 11 is 0. The molecular weight excluding hydrogens is 364 g/mol. The van der Waals surface area contributed by atoms with Gasteiger partial charge in [0.25, 0.3) is 5.91 Å². The summed E-state index contributed by atoms with van der Waals surface area (Å²) in [5.41, 5.74) is 2.01. The van der Waals surface area contributed by atoms with Crippen molar-refractivity contribution in [1.82, 2.24) is 9.80 Å². The van der Waals surface area contributed by atoms with E-state index in [1.807, 2.05) is 29.2 Å². The summed E-state index contributed by atoms with van der Waals surface area (Å²) in [5, 5.41) is 0.885. The molecule has 1 aliphatic rings. The number of hydrogen-bond acceptors (Lipinski definition) is 4. The summed E-state index contributed by atoms with van der Waals surface area (Å²) in [4.78, 5) is 17.0. The number of rotatable bonds is 4. The van der Waals surface area contributed by atoms with Crippen molar-refractivity contribution < 1.29 is 13.9 Å². The second kappa shape index (κ2) is 8.46. The number of furan rings is 1. The zero-order valence-corrected chi connectivity index (χ0v) is 16.1. The van der Waals surface area contributed by atoms with Gasteiger partial charge in [-0.3, -0.25) is 9.69 Å². The van der Waals surface area contributed by atoms with Gasteiger partial charge in [0.05, 0.1) is 7.11 Å². The molecule has 4 rings (SSSR count). The van der Waals surface area contributed by atoms with E-state index in [4.69, 9.17) is 9.15 Å². The molecule has 27 heavy (non-hydrogen) atoms. The standard InChI is InChI=1S/C21H22N2O3.ClH/c1-25-18-7-8-19-17(13-18)14-20(26-19)21(24)23-11-9-22(10-12-23)15-16-5-3-2-4-6-16;/h2-8,13-14H,9-12,15H2,1H3;1H. The van der Waals surface area contributed by atoms with E-state index < -0.39 is 0 Å². The summed E-state index contributed by atoms with van der Waals surface area (Å²) in [6.45, 7) is 4.09. The SMILES string of the molecule is COc1ccc2oc(C(=O)N3CCN(Cc4ccccc4)CC3)cc2c1.Cl. The highest BCUT2D eigenvalue weighted by atomic mass is 35.5. The average Bonchev–Trinajstić information content (AvgIpc) is 3.12. The highest BCUT2D eigenvalue weighted by Gasteiger charge is 2.24. The molecule has 1 aliphatic heterocycles. The van der Waals surface area contributed by atoms with Gasteiger partial charge < -0.3 is 14.1 Å². The molecule has 1 amide bonds. The van der Waals surface area contributed by atoms with E-state index in [1.54, 1.807) is 13.2 Å². The normalized spacial score (nSPS) is 14.8. The molecule has 0 atom stereocenters. The van der Waals surface area contributed by atoms with Crippen LogP contribution in [0.5, 0.6) is 5.75 Å². The van der Waals surface area contributed by atoms with Gasteiger partial charge in [-0.25, -0.2) is 0 Å². The van der Waals surface area contributed by atoms with Crippen LogP contribution >= 0.6 is 12.4 Å². The number of benzene rings is 2. The lowest BCUT2D eigenvalue weighted by atomic mass is 10.2. The first-order chi connectivity index (χ1) is 12.7. The lowest BCUT2D eigenvalue weighted by Gasteiger charge is -2.34. The lowest BCUT2D eigenvalue weighted by Crippen LogP contribution is -2.48. The molecule has 1 saturated heterocycles. The van der Waals surface area contributed by atoms with Gasteiger partial charge in [-0.05, 0) is 29.8 Å². The first kappa shape index (κ1) is 19.3. The number of fused-ring (bicyclic) bond motifs is 1. The maximum atomic E-state index is 12.8. The van der Waals surface area contributed by atoms with Crippen molar-refractivity contribution in [2.45, 2.75) is 6.54 Å². The minimum atomic E-state index is -0.0421. The number of hydrogen-bond donors (Lipinski definition) is 0. The van der Waals surface area contributed by atoms with Crippen LogP contribution in [0.3, 0.4) is 0 Å². The van der Waals surface area contributed by atoms with Crippen LogP contribution in [-0.2, 0) is 6.54 Å². The van der Waals surface area contributed by atoms with Gasteiger partial charge in [-0.1, -0.05) is 30.3 Å². The molecule has 1 aromatic heterocycles. The van der Waals surface area contributed by atoms with Gasteiger partial charge in [0.15, 0.2) is 5.76 Å². The Kier molecular flexibility index (Phi) is 6.04. The lowest BCUT2D eigenvalue weighted by molar-refractivity contribution is 0.0600. The first-order valence-corrected chi connectivity index (χ1v) is 8.86. The van der Waals surface area contributed by atoms with Crippen LogP contribution in [-0.4, -0.2) is 49.0 Å². The van der Waals surface area contributed by atoms with Crippen LogP contribution < -0.4 is 4.74 Å². The predicted molar refractivity (Wildman–Crippen MR) is 108 cm³/mol.